The molecule has 23 heavy (non-hydrogen) atoms. The van der Waals surface area contributed by atoms with Crippen molar-refractivity contribution in [2.45, 2.75) is 51.2 Å². The zero-order valence-corrected chi connectivity index (χ0v) is 14.2. The van der Waals surface area contributed by atoms with Crippen molar-refractivity contribution < 1.29 is 4.74 Å². The second-order valence-electron chi connectivity index (χ2n) is 6.95. The summed E-state index contributed by atoms with van der Waals surface area (Å²) in [4.78, 5) is 11.3. The standard InChI is InChI=1S/C17H25N5O/c1-4-23-14-9-13(17(14)7-5-6-8-17)21(2)15-12-10-20-22(3)16(12)19-11-18-15/h10-11,13-14H,4-9H2,1-3H3. The monoisotopic (exact) mass is 315 g/mol. The van der Waals surface area contributed by atoms with Crippen LogP contribution >= 0.6 is 0 Å². The van der Waals surface area contributed by atoms with E-state index in [1.54, 1.807) is 6.33 Å². The molecule has 1 spiro atoms. The molecule has 6 nitrogen and oxygen atoms in total. The number of aryl methyl sites for hydroxylation is 1. The fourth-order valence-corrected chi connectivity index (χ4v) is 4.77. The molecule has 2 atom stereocenters. The number of aromatic nitrogens is 4. The van der Waals surface area contributed by atoms with E-state index in [1.165, 1.54) is 25.7 Å². The average molecular weight is 315 g/mol. The first-order valence-corrected chi connectivity index (χ1v) is 8.64. The average Bonchev–Trinajstić information content (AvgIpc) is 3.20. The molecular formula is C17H25N5O. The van der Waals surface area contributed by atoms with E-state index in [-0.39, 0.29) is 0 Å². The molecule has 0 amide bonds. The Bertz CT molecular complexity index is 706. The van der Waals surface area contributed by atoms with Gasteiger partial charge < -0.3 is 9.64 Å². The molecule has 2 saturated carbocycles. The third kappa shape index (κ3) is 2.07. The maximum atomic E-state index is 6.05. The Hall–Kier alpha value is -1.69. The van der Waals surface area contributed by atoms with Crippen LogP contribution in [0.1, 0.15) is 39.0 Å². The number of ether oxygens (including phenoxy) is 1. The first-order chi connectivity index (χ1) is 11.2. The van der Waals surface area contributed by atoms with E-state index < -0.39 is 0 Å². The fourth-order valence-electron chi connectivity index (χ4n) is 4.77. The van der Waals surface area contributed by atoms with Gasteiger partial charge in [0.05, 0.1) is 17.7 Å². The van der Waals surface area contributed by atoms with Crippen molar-refractivity contribution in [1.82, 2.24) is 19.7 Å². The van der Waals surface area contributed by atoms with Crippen molar-refractivity contribution in [1.29, 1.82) is 0 Å². The molecule has 0 bridgehead atoms. The molecule has 2 aliphatic carbocycles. The molecule has 2 aliphatic rings. The van der Waals surface area contributed by atoms with Crippen LogP contribution in [0.15, 0.2) is 12.5 Å². The van der Waals surface area contributed by atoms with Crippen LogP contribution in [-0.4, -0.2) is 45.5 Å². The highest BCUT2D eigenvalue weighted by atomic mass is 16.5. The van der Waals surface area contributed by atoms with Gasteiger partial charge in [-0.05, 0) is 26.2 Å². The second kappa shape index (κ2) is 5.44. The van der Waals surface area contributed by atoms with E-state index >= 15 is 0 Å². The summed E-state index contributed by atoms with van der Waals surface area (Å²) in [6.45, 7) is 2.91. The van der Waals surface area contributed by atoms with Crippen LogP contribution in [0.4, 0.5) is 5.82 Å². The number of hydrogen-bond acceptors (Lipinski definition) is 5. The van der Waals surface area contributed by atoms with Crippen LogP contribution in [0.25, 0.3) is 11.0 Å². The van der Waals surface area contributed by atoms with Crippen LogP contribution in [0.5, 0.6) is 0 Å². The molecule has 0 saturated heterocycles. The predicted molar refractivity (Wildman–Crippen MR) is 89.4 cm³/mol. The third-order valence-corrected chi connectivity index (χ3v) is 5.95. The van der Waals surface area contributed by atoms with Crippen LogP contribution in [0.2, 0.25) is 0 Å². The lowest BCUT2D eigenvalue weighted by Crippen LogP contribution is -2.63. The highest BCUT2D eigenvalue weighted by molar-refractivity contribution is 5.86. The summed E-state index contributed by atoms with van der Waals surface area (Å²) in [6, 6.07) is 0.500. The minimum absolute atomic E-state index is 0.310. The molecule has 0 N–H and O–H groups in total. The number of rotatable bonds is 4. The molecule has 0 aromatic carbocycles. The van der Waals surface area contributed by atoms with Gasteiger partial charge in [0.2, 0.25) is 0 Å². The maximum Gasteiger partial charge on any atom is 0.163 e. The predicted octanol–water partition coefficient (Wildman–Crippen LogP) is 2.54. The highest BCUT2D eigenvalue weighted by Gasteiger charge is 2.58. The van der Waals surface area contributed by atoms with E-state index in [0.717, 1.165) is 29.9 Å². The summed E-state index contributed by atoms with van der Waals surface area (Å²) in [5.41, 5.74) is 1.20. The van der Waals surface area contributed by atoms with Crippen molar-refractivity contribution >= 4 is 16.9 Å². The first-order valence-electron chi connectivity index (χ1n) is 8.64. The van der Waals surface area contributed by atoms with Crippen LogP contribution in [-0.2, 0) is 11.8 Å². The number of anilines is 1. The zero-order valence-electron chi connectivity index (χ0n) is 14.2. The highest BCUT2D eigenvalue weighted by Crippen LogP contribution is 2.57. The van der Waals surface area contributed by atoms with Crippen molar-refractivity contribution in [3.05, 3.63) is 12.5 Å². The molecule has 6 heteroatoms. The zero-order chi connectivity index (χ0) is 16.0. The van der Waals surface area contributed by atoms with Crippen molar-refractivity contribution in [2.24, 2.45) is 12.5 Å². The summed E-state index contributed by atoms with van der Waals surface area (Å²) >= 11 is 0. The topological polar surface area (TPSA) is 56.1 Å². The Labute approximate surface area is 136 Å². The van der Waals surface area contributed by atoms with Gasteiger partial charge in [-0.15, -0.1) is 0 Å². The molecule has 2 unspecified atom stereocenters. The Kier molecular flexibility index (Phi) is 3.52. The van der Waals surface area contributed by atoms with Crippen molar-refractivity contribution in [3.8, 4) is 0 Å². The SMILES string of the molecule is CCOC1CC(N(C)c2ncnc3c2cnn3C)C12CCCC2. The number of hydrogen-bond donors (Lipinski definition) is 0. The first kappa shape index (κ1) is 14.9. The largest absolute Gasteiger partial charge is 0.378 e. The van der Waals surface area contributed by atoms with Crippen LogP contribution in [0.3, 0.4) is 0 Å². The van der Waals surface area contributed by atoms with Gasteiger partial charge in [-0.3, -0.25) is 4.68 Å². The van der Waals surface area contributed by atoms with Gasteiger partial charge in [0, 0.05) is 32.2 Å². The van der Waals surface area contributed by atoms with Gasteiger partial charge in [0.15, 0.2) is 5.65 Å². The smallest absolute Gasteiger partial charge is 0.163 e. The molecule has 2 heterocycles. The van der Waals surface area contributed by atoms with E-state index in [1.807, 2.05) is 17.9 Å². The summed E-state index contributed by atoms with van der Waals surface area (Å²) in [7, 11) is 4.09. The molecule has 124 valence electrons. The summed E-state index contributed by atoms with van der Waals surface area (Å²) in [5, 5.41) is 5.37. The lowest BCUT2D eigenvalue weighted by Gasteiger charge is -2.57. The Morgan fingerprint density at radius 1 is 1.35 bits per heavy atom. The van der Waals surface area contributed by atoms with Gasteiger partial charge in [-0.25, -0.2) is 9.97 Å². The van der Waals surface area contributed by atoms with Crippen molar-refractivity contribution in [3.63, 3.8) is 0 Å². The van der Waals surface area contributed by atoms with Crippen LogP contribution < -0.4 is 4.90 Å². The molecule has 2 fully saturated rings. The maximum absolute atomic E-state index is 6.05. The molecular weight excluding hydrogens is 290 g/mol. The van der Waals surface area contributed by atoms with Gasteiger partial charge in [-0.1, -0.05) is 12.8 Å². The lowest BCUT2D eigenvalue weighted by atomic mass is 9.60. The minimum Gasteiger partial charge on any atom is -0.378 e. The molecule has 0 radical (unpaired) electrons. The number of fused-ring (bicyclic) bond motifs is 1. The van der Waals surface area contributed by atoms with Gasteiger partial charge >= 0.3 is 0 Å². The molecule has 2 aromatic heterocycles. The minimum atomic E-state index is 0.310. The molecule has 4 rings (SSSR count). The van der Waals surface area contributed by atoms with Gasteiger partial charge in [0.25, 0.3) is 0 Å². The molecule has 2 aromatic rings. The normalized spacial score (nSPS) is 25.9. The Balaban J connectivity index is 1.67. The van der Waals surface area contributed by atoms with E-state index in [2.05, 4.69) is 33.9 Å². The fraction of sp³-hybridized carbons (Fsp3) is 0.706. The second-order valence-corrected chi connectivity index (χ2v) is 6.95. The summed E-state index contributed by atoms with van der Waals surface area (Å²) < 4.78 is 7.86. The summed E-state index contributed by atoms with van der Waals surface area (Å²) in [5.74, 6) is 0.995. The van der Waals surface area contributed by atoms with Crippen molar-refractivity contribution in [2.75, 3.05) is 18.6 Å². The van der Waals surface area contributed by atoms with Gasteiger partial charge in [0.1, 0.15) is 12.1 Å². The molecule has 0 aliphatic heterocycles. The number of nitrogens with zero attached hydrogens (tertiary/aromatic N) is 5. The lowest BCUT2D eigenvalue weighted by molar-refractivity contribution is -0.121. The van der Waals surface area contributed by atoms with Gasteiger partial charge in [-0.2, -0.15) is 5.10 Å². The Morgan fingerprint density at radius 2 is 2.13 bits per heavy atom. The van der Waals surface area contributed by atoms with Crippen LogP contribution in [0, 0.1) is 5.41 Å². The summed E-state index contributed by atoms with van der Waals surface area (Å²) in [6.07, 6.45) is 10.2. The van der Waals surface area contributed by atoms with E-state index in [9.17, 15) is 0 Å². The van der Waals surface area contributed by atoms with E-state index in [4.69, 9.17) is 4.74 Å². The van der Waals surface area contributed by atoms with E-state index in [0.29, 0.717) is 17.6 Å². The third-order valence-electron chi connectivity index (χ3n) is 5.95. The quantitative estimate of drug-likeness (QED) is 0.868. The Morgan fingerprint density at radius 3 is 2.87 bits per heavy atom.